The van der Waals surface area contributed by atoms with E-state index >= 15 is 0 Å². The second-order valence-electron chi connectivity index (χ2n) is 4.00. The van der Waals surface area contributed by atoms with Gasteiger partial charge in [-0.15, -0.1) is 0 Å². The Hall–Kier alpha value is -2.76. The highest BCUT2D eigenvalue weighted by atomic mass is 16.5. The Bertz CT molecular complexity index is 757. The van der Waals surface area contributed by atoms with Crippen LogP contribution in [0, 0.1) is 0 Å². The molecule has 3 aromatic rings. The number of hydrogen-bond donors (Lipinski definition) is 2. The number of methoxy groups -OCH3 is 1. The van der Waals surface area contributed by atoms with E-state index in [2.05, 4.69) is 10.1 Å². The number of aromatic nitrogens is 2. The van der Waals surface area contributed by atoms with E-state index in [1.54, 1.807) is 13.3 Å². The Labute approximate surface area is 107 Å². The lowest BCUT2D eigenvalue weighted by molar-refractivity contribution is 0.0652. The molecule has 1 aromatic carbocycles. The van der Waals surface area contributed by atoms with Crippen LogP contribution in [-0.2, 0) is 0 Å². The van der Waals surface area contributed by atoms with Crippen molar-refractivity contribution >= 4 is 16.9 Å². The van der Waals surface area contributed by atoms with Crippen molar-refractivity contribution in [3.8, 4) is 17.0 Å². The average molecular weight is 258 g/mol. The molecule has 3 rings (SSSR count). The fourth-order valence-corrected chi connectivity index (χ4v) is 1.95. The Morgan fingerprint density at radius 2 is 2.26 bits per heavy atom. The SMILES string of the molecule is COc1ccc2c(-c3cc(C(=O)O)on3)c[nH]c2c1. The first kappa shape index (κ1) is 11.3. The fourth-order valence-electron chi connectivity index (χ4n) is 1.95. The Morgan fingerprint density at radius 3 is 2.95 bits per heavy atom. The molecule has 0 aliphatic rings. The topological polar surface area (TPSA) is 88.3 Å². The zero-order valence-electron chi connectivity index (χ0n) is 10.0. The van der Waals surface area contributed by atoms with E-state index in [1.807, 2.05) is 18.2 Å². The molecule has 2 heterocycles. The average Bonchev–Trinajstić information content (AvgIpc) is 3.03. The lowest BCUT2D eigenvalue weighted by Gasteiger charge is -1.99. The summed E-state index contributed by atoms with van der Waals surface area (Å²) < 4.78 is 9.90. The van der Waals surface area contributed by atoms with Gasteiger partial charge in [0, 0.05) is 34.8 Å². The highest BCUT2D eigenvalue weighted by molar-refractivity contribution is 5.96. The molecule has 0 bridgehead atoms. The van der Waals surface area contributed by atoms with Crippen molar-refractivity contribution in [1.82, 2.24) is 10.1 Å². The van der Waals surface area contributed by atoms with Crippen molar-refractivity contribution in [3.05, 3.63) is 36.2 Å². The molecule has 6 nitrogen and oxygen atoms in total. The minimum atomic E-state index is -1.14. The monoisotopic (exact) mass is 258 g/mol. The molecule has 0 spiro atoms. The van der Waals surface area contributed by atoms with Gasteiger partial charge in [-0.25, -0.2) is 4.79 Å². The van der Waals surface area contributed by atoms with E-state index < -0.39 is 5.97 Å². The number of benzene rings is 1. The lowest BCUT2D eigenvalue weighted by atomic mass is 10.1. The van der Waals surface area contributed by atoms with E-state index in [0.29, 0.717) is 5.69 Å². The molecule has 0 amide bonds. The molecule has 0 saturated heterocycles. The van der Waals surface area contributed by atoms with Crippen LogP contribution >= 0.6 is 0 Å². The zero-order chi connectivity index (χ0) is 13.4. The van der Waals surface area contributed by atoms with Crippen molar-refractivity contribution in [2.45, 2.75) is 0 Å². The van der Waals surface area contributed by atoms with Crippen LogP contribution in [0.3, 0.4) is 0 Å². The number of ether oxygens (including phenoxy) is 1. The van der Waals surface area contributed by atoms with E-state index in [-0.39, 0.29) is 5.76 Å². The van der Waals surface area contributed by atoms with E-state index in [4.69, 9.17) is 14.4 Å². The minimum absolute atomic E-state index is 0.183. The van der Waals surface area contributed by atoms with Crippen LogP contribution in [-0.4, -0.2) is 28.3 Å². The summed E-state index contributed by atoms with van der Waals surface area (Å²) in [5, 5.41) is 13.5. The highest BCUT2D eigenvalue weighted by Crippen LogP contribution is 2.30. The summed E-state index contributed by atoms with van der Waals surface area (Å²) in [5.74, 6) is -0.578. The summed E-state index contributed by atoms with van der Waals surface area (Å²) in [6, 6.07) is 6.97. The van der Waals surface area contributed by atoms with Gasteiger partial charge in [0.05, 0.1) is 7.11 Å². The maximum atomic E-state index is 10.8. The molecule has 19 heavy (non-hydrogen) atoms. The fraction of sp³-hybridized carbons (Fsp3) is 0.0769. The summed E-state index contributed by atoms with van der Waals surface area (Å²) in [6.07, 6.45) is 1.76. The lowest BCUT2D eigenvalue weighted by Crippen LogP contribution is -1.91. The van der Waals surface area contributed by atoms with Crippen LogP contribution < -0.4 is 4.74 Å². The molecule has 0 fully saturated rings. The van der Waals surface area contributed by atoms with Gasteiger partial charge in [0.15, 0.2) is 0 Å². The third kappa shape index (κ3) is 1.83. The number of H-pyrrole nitrogens is 1. The second kappa shape index (κ2) is 4.16. The number of fused-ring (bicyclic) bond motifs is 1. The number of nitrogens with one attached hydrogen (secondary N) is 1. The molecule has 96 valence electrons. The van der Waals surface area contributed by atoms with Crippen LogP contribution in [0.4, 0.5) is 0 Å². The van der Waals surface area contributed by atoms with E-state index in [1.165, 1.54) is 6.07 Å². The van der Waals surface area contributed by atoms with Gasteiger partial charge in [-0.2, -0.15) is 0 Å². The Balaban J connectivity index is 2.11. The number of carboxylic acids is 1. The quantitative estimate of drug-likeness (QED) is 0.753. The van der Waals surface area contributed by atoms with Crippen molar-refractivity contribution < 1.29 is 19.2 Å². The third-order valence-electron chi connectivity index (χ3n) is 2.89. The van der Waals surface area contributed by atoms with Gasteiger partial charge >= 0.3 is 5.97 Å². The first-order valence-corrected chi connectivity index (χ1v) is 5.54. The number of carbonyl (C=O) groups is 1. The van der Waals surface area contributed by atoms with Crippen LogP contribution in [0.2, 0.25) is 0 Å². The van der Waals surface area contributed by atoms with Crippen LogP contribution in [0.25, 0.3) is 22.2 Å². The maximum Gasteiger partial charge on any atom is 0.374 e. The molecule has 2 aromatic heterocycles. The van der Waals surface area contributed by atoms with E-state index in [9.17, 15) is 4.79 Å². The smallest absolute Gasteiger partial charge is 0.374 e. The largest absolute Gasteiger partial charge is 0.497 e. The number of aromatic amines is 1. The molecule has 0 unspecified atom stereocenters. The number of carboxylic acid groups (broad SMARTS) is 1. The van der Waals surface area contributed by atoms with Crippen molar-refractivity contribution in [1.29, 1.82) is 0 Å². The maximum absolute atomic E-state index is 10.8. The first-order valence-electron chi connectivity index (χ1n) is 5.54. The number of nitrogens with zero attached hydrogens (tertiary/aromatic N) is 1. The summed E-state index contributed by atoms with van der Waals surface area (Å²) in [4.78, 5) is 13.9. The molecule has 2 N–H and O–H groups in total. The second-order valence-corrected chi connectivity index (χ2v) is 4.00. The van der Waals surface area contributed by atoms with Gasteiger partial charge in [-0.1, -0.05) is 5.16 Å². The Kier molecular flexibility index (Phi) is 2.49. The van der Waals surface area contributed by atoms with Gasteiger partial charge in [0.1, 0.15) is 11.4 Å². The van der Waals surface area contributed by atoms with Crippen molar-refractivity contribution in [3.63, 3.8) is 0 Å². The van der Waals surface area contributed by atoms with Gasteiger partial charge < -0.3 is 19.4 Å². The number of hydrogen-bond acceptors (Lipinski definition) is 4. The van der Waals surface area contributed by atoms with Gasteiger partial charge in [-0.05, 0) is 12.1 Å². The predicted octanol–water partition coefficient (Wildman–Crippen LogP) is 2.53. The molecule has 0 aliphatic heterocycles. The van der Waals surface area contributed by atoms with Crippen molar-refractivity contribution in [2.75, 3.05) is 7.11 Å². The van der Waals surface area contributed by atoms with Crippen LogP contribution in [0.15, 0.2) is 35.0 Å². The first-order chi connectivity index (χ1) is 9.19. The minimum Gasteiger partial charge on any atom is -0.497 e. The molecular formula is C13H10N2O4. The summed E-state index contributed by atoms with van der Waals surface area (Å²) >= 11 is 0. The number of rotatable bonds is 3. The third-order valence-corrected chi connectivity index (χ3v) is 2.89. The van der Waals surface area contributed by atoms with E-state index in [0.717, 1.165) is 22.2 Å². The standard InChI is InChI=1S/C13H10N2O4/c1-18-7-2-3-8-9(6-14-10(8)4-7)11-5-12(13(16)17)19-15-11/h2-6,14H,1H3,(H,16,17). The van der Waals surface area contributed by atoms with Crippen LogP contribution in [0.5, 0.6) is 5.75 Å². The molecule has 0 saturated carbocycles. The molecule has 6 heteroatoms. The van der Waals surface area contributed by atoms with Gasteiger partial charge in [-0.3, -0.25) is 0 Å². The molecule has 0 aliphatic carbocycles. The molecular weight excluding hydrogens is 248 g/mol. The summed E-state index contributed by atoms with van der Waals surface area (Å²) in [7, 11) is 1.60. The van der Waals surface area contributed by atoms with Crippen LogP contribution in [0.1, 0.15) is 10.6 Å². The van der Waals surface area contributed by atoms with Crippen molar-refractivity contribution in [2.24, 2.45) is 0 Å². The van der Waals surface area contributed by atoms with Gasteiger partial charge in [0.2, 0.25) is 5.76 Å². The predicted molar refractivity (Wildman–Crippen MR) is 67.3 cm³/mol. The van der Waals surface area contributed by atoms with Gasteiger partial charge in [0.25, 0.3) is 0 Å². The number of aromatic carboxylic acids is 1. The zero-order valence-corrected chi connectivity index (χ0v) is 10.0. The summed E-state index contributed by atoms with van der Waals surface area (Å²) in [5.41, 5.74) is 2.15. The normalized spacial score (nSPS) is 10.8. The molecule has 0 atom stereocenters. The highest BCUT2D eigenvalue weighted by Gasteiger charge is 2.15. The Morgan fingerprint density at radius 1 is 1.42 bits per heavy atom. The summed E-state index contributed by atoms with van der Waals surface area (Å²) in [6.45, 7) is 0. The molecule has 0 radical (unpaired) electrons.